The number of aryl methyl sites for hydroxylation is 1. The highest BCUT2D eigenvalue weighted by Gasteiger charge is 2.34. The number of hydrogen-bond donors (Lipinski definition) is 1. The van der Waals surface area contributed by atoms with Gasteiger partial charge >= 0.3 is 0 Å². The molecule has 0 radical (unpaired) electrons. The molecule has 0 spiro atoms. The van der Waals surface area contributed by atoms with Crippen LogP contribution in [-0.2, 0) is 21.2 Å². The molecule has 3 aromatic rings. The molecular weight excluding hydrogens is 584 g/mol. The Balaban J connectivity index is 1.20. The number of benzene rings is 3. The maximum atomic E-state index is 13.3. The summed E-state index contributed by atoms with van der Waals surface area (Å²) in [6.07, 6.45) is 3.70. The largest absolute Gasteiger partial charge is 0.474 e. The minimum Gasteiger partial charge on any atom is -0.474 e. The molecule has 5 rings (SSSR count). The highest BCUT2D eigenvalue weighted by molar-refractivity contribution is 7.89. The molecular formula is C32H36N4O7S. The zero-order chi connectivity index (χ0) is 31.3. The van der Waals surface area contributed by atoms with Crippen molar-refractivity contribution < 1.29 is 27.7 Å². The van der Waals surface area contributed by atoms with Crippen molar-refractivity contribution in [1.82, 2.24) is 9.62 Å². The molecule has 11 nitrogen and oxygen atoms in total. The van der Waals surface area contributed by atoms with Crippen molar-refractivity contribution in [1.29, 1.82) is 0 Å². The number of nitro benzene ring substituents is 1. The molecule has 3 aromatic carbocycles. The molecule has 12 heteroatoms. The lowest BCUT2D eigenvalue weighted by atomic mass is 9.95. The van der Waals surface area contributed by atoms with Crippen LogP contribution in [0.15, 0.2) is 77.7 Å². The number of sulfonamides is 1. The van der Waals surface area contributed by atoms with E-state index in [1.54, 1.807) is 29.2 Å². The molecule has 0 aromatic heterocycles. The van der Waals surface area contributed by atoms with E-state index >= 15 is 0 Å². The first kappa shape index (κ1) is 31.1. The summed E-state index contributed by atoms with van der Waals surface area (Å²) in [7, 11) is -4.00. The molecule has 1 N–H and O–H groups in total. The van der Waals surface area contributed by atoms with Gasteiger partial charge in [-0.15, -0.1) is 0 Å². The number of nitrogens with zero attached hydrogens (tertiary/aromatic N) is 3. The van der Waals surface area contributed by atoms with Gasteiger partial charge in [-0.25, -0.2) is 8.42 Å². The second-order valence-corrected chi connectivity index (χ2v) is 12.8. The van der Waals surface area contributed by atoms with E-state index in [2.05, 4.69) is 10.8 Å². The second-order valence-electron chi connectivity index (χ2n) is 11.1. The predicted octanol–water partition coefficient (Wildman–Crippen LogP) is 5.05. The van der Waals surface area contributed by atoms with E-state index in [1.165, 1.54) is 17.7 Å². The van der Waals surface area contributed by atoms with Gasteiger partial charge in [0.05, 0.1) is 9.82 Å². The Kier molecular flexibility index (Phi) is 9.60. The van der Waals surface area contributed by atoms with Gasteiger partial charge in [0.1, 0.15) is 5.75 Å². The van der Waals surface area contributed by atoms with Crippen LogP contribution < -0.4 is 14.4 Å². The molecule has 1 fully saturated rings. The van der Waals surface area contributed by atoms with Gasteiger partial charge in [-0.2, -0.15) is 4.72 Å². The average Bonchev–Trinajstić information content (AvgIpc) is 3.03. The molecule has 0 bridgehead atoms. The number of carbonyl (C=O) groups is 2. The lowest BCUT2D eigenvalue weighted by molar-refractivity contribution is -0.384. The predicted molar refractivity (Wildman–Crippen MR) is 165 cm³/mol. The SMILES string of the molecule is CCCCC(NS(=O)(=O)c1ccc([N+](=O)[O-])cc1)Oc1ccc(C(=O)N2CCC(N3C(=O)CCc4ccccc43)CC2)cc1. The Hall–Kier alpha value is -4.29. The summed E-state index contributed by atoms with van der Waals surface area (Å²) in [5.74, 6) is 0.424. The van der Waals surface area contributed by atoms with E-state index in [0.717, 1.165) is 30.7 Å². The number of likely N-dealkylation sites (tertiary alicyclic amines) is 1. The lowest BCUT2D eigenvalue weighted by Crippen LogP contribution is -2.50. The number of carbonyl (C=O) groups excluding carboxylic acids is 2. The number of fused-ring (bicyclic) bond motifs is 1. The van der Waals surface area contributed by atoms with Gasteiger partial charge in [-0.1, -0.05) is 31.5 Å². The number of non-ortho nitro benzene ring substituents is 1. The topological polar surface area (TPSA) is 139 Å². The van der Waals surface area contributed by atoms with Gasteiger partial charge in [-0.3, -0.25) is 19.7 Å². The Morgan fingerprint density at radius 1 is 1.02 bits per heavy atom. The minimum atomic E-state index is -4.00. The summed E-state index contributed by atoms with van der Waals surface area (Å²) in [5.41, 5.74) is 2.46. The fraction of sp³-hybridized carbons (Fsp3) is 0.375. The summed E-state index contributed by atoms with van der Waals surface area (Å²) in [4.78, 5) is 40.1. The summed E-state index contributed by atoms with van der Waals surface area (Å²) in [5, 5.41) is 10.9. The maximum absolute atomic E-state index is 13.3. The molecule has 0 aliphatic carbocycles. The second kappa shape index (κ2) is 13.6. The van der Waals surface area contributed by atoms with Crippen molar-refractivity contribution in [2.24, 2.45) is 0 Å². The van der Waals surface area contributed by atoms with E-state index in [-0.39, 0.29) is 28.4 Å². The minimum absolute atomic E-state index is 0.0543. The number of hydrogen-bond acceptors (Lipinski definition) is 7. The summed E-state index contributed by atoms with van der Waals surface area (Å²) >= 11 is 0. The molecule has 2 amide bonds. The molecule has 44 heavy (non-hydrogen) atoms. The highest BCUT2D eigenvalue weighted by Crippen LogP contribution is 2.32. The summed E-state index contributed by atoms with van der Waals surface area (Å²) < 4.78 is 34.5. The molecule has 232 valence electrons. The summed E-state index contributed by atoms with van der Waals surface area (Å²) in [6.45, 7) is 3.06. The number of amides is 2. The first-order valence-corrected chi connectivity index (χ1v) is 16.4. The van der Waals surface area contributed by atoms with Crippen LogP contribution in [0.1, 0.15) is 61.4 Å². The van der Waals surface area contributed by atoms with E-state index < -0.39 is 21.2 Å². The van der Waals surface area contributed by atoms with Crippen molar-refractivity contribution in [3.8, 4) is 5.75 Å². The molecule has 1 atom stereocenters. The number of para-hydroxylation sites is 1. The average molecular weight is 621 g/mol. The van der Waals surface area contributed by atoms with Crippen LogP contribution >= 0.6 is 0 Å². The van der Waals surface area contributed by atoms with Crippen molar-refractivity contribution in [3.63, 3.8) is 0 Å². The Bertz CT molecular complexity index is 1600. The summed E-state index contributed by atoms with van der Waals surface area (Å²) in [6, 6.07) is 19.3. The van der Waals surface area contributed by atoms with Gasteiger partial charge in [0.2, 0.25) is 15.9 Å². The smallest absolute Gasteiger partial charge is 0.269 e. The number of nitrogens with one attached hydrogen (secondary N) is 1. The van der Waals surface area contributed by atoms with Gasteiger partial charge in [0.15, 0.2) is 6.23 Å². The maximum Gasteiger partial charge on any atom is 0.269 e. The number of rotatable bonds is 11. The monoisotopic (exact) mass is 620 g/mol. The van der Waals surface area contributed by atoms with Crippen molar-refractivity contribution in [2.75, 3.05) is 18.0 Å². The fourth-order valence-electron chi connectivity index (χ4n) is 5.72. The normalized spacial score (nSPS) is 16.3. The fourth-order valence-corrected chi connectivity index (χ4v) is 6.87. The van der Waals surface area contributed by atoms with E-state index in [9.17, 15) is 28.1 Å². The van der Waals surface area contributed by atoms with Gasteiger partial charge in [-0.05, 0) is 80.1 Å². The van der Waals surface area contributed by atoms with Crippen LogP contribution in [0.4, 0.5) is 11.4 Å². The van der Waals surface area contributed by atoms with Crippen molar-refractivity contribution in [3.05, 3.63) is 94.0 Å². The zero-order valence-electron chi connectivity index (χ0n) is 24.6. The first-order chi connectivity index (χ1) is 21.2. The van der Waals surface area contributed by atoms with Crippen molar-refractivity contribution >= 4 is 33.2 Å². The van der Waals surface area contributed by atoms with Gasteiger partial charge in [0, 0.05) is 48.9 Å². The number of nitro groups is 1. The van der Waals surface area contributed by atoms with Crippen LogP contribution in [0.25, 0.3) is 0 Å². The molecule has 2 heterocycles. The highest BCUT2D eigenvalue weighted by atomic mass is 32.2. The van der Waals surface area contributed by atoms with Crippen LogP contribution in [0.2, 0.25) is 0 Å². The van der Waals surface area contributed by atoms with Crippen molar-refractivity contribution in [2.45, 2.75) is 69.0 Å². The van der Waals surface area contributed by atoms with Gasteiger partial charge in [0.25, 0.3) is 11.6 Å². The molecule has 2 aliphatic rings. The number of piperidine rings is 1. The van der Waals surface area contributed by atoms with Gasteiger partial charge < -0.3 is 14.5 Å². The van der Waals surface area contributed by atoms with Crippen LogP contribution in [-0.4, -0.2) is 55.4 Å². The Morgan fingerprint density at radius 3 is 2.36 bits per heavy atom. The third-order valence-corrected chi connectivity index (χ3v) is 9.55. The van der Waals surface area contributed by atoms with E-state index in [4.69, 9.17) is 4.74 Å². The zero-order valence-corrected chi connectivity index (χ0v) is 25.4. The molecule has 2 aliphatic heterocycles. The first-order valence-electron chi connectivity index (χ1n) is 14.9. The molecule has 1 unspecified atom stereocenters. The molecule has 1 saturated heterocycles. The van der Waals surface area contributed by atoms with E-state index in [1.807, 2.05) is 30.0 Å². The van der Waals surface area contributed by atoms with Crippen LogP contribution in [0, 0.1) is 10.1 Å². The standard InChI is InChI=1S/C32H36N4O7S/c1-2-3-8-30(33-44(41,42)28-16-12-26(13-17-28)36(39)40)43-27-14-9-24(10-15-27)32(38)34-21-19-25(20-22-34)35-29-7-5-4-6-23(29)11-18-31(35)37/h4-7,9-10,12-17,25,30,33H,2-3,8,11,18-22H2,1H3. The quantitative estimate of drug-likeness (QED) is 0.180. The lowest BCUT2D eigenvalue weighted by Gasteiger charge is -2.41. The van der Waals surface area contributed by atoms with E-state index in [0.29, 0.717) is 56.5 Å². The van der Waals surface area contributed by atoms with Crippen LogP contribution in [0.5, 0.6) is 5.75 Å². The number of anilines is 1. The Labute approximate surface area is 257 Å². The Morgan fingerprint density at radius 2 is 1.70 bits per heavy atom. The number of unbranched alkanes of at least 4 members (excludes halogenated alkanes) is 1. The third kappa shape index (κ3) is 7.08. The number of ether oxygens (including phenoxy) is 1. The van der Waals surface area contributed by atoms with Crippen LogP contribution in [0.3, 0.4) is 0 Å². The third-order valence-electron chi connectivity index (χ3n) is 8.09. The molecule has 0 saturated carbocycles.